The number of aromatic hydroxyl groups is 1. The van der Waals surface area contributed by atoms with E-state index < -0.39 is 5.56 Å². The Bertz CT molecular complexity index is 1120. The Morgan fingerprint density at radius 2 is 1.91 bits per heavy atom. The van der Waals surface area contributed by atoms with Gasteiger partial charge in [0.15, 0.2) is 4.77 Å². The molecule has 0 spiro atoms. The highest BCUT2D eigenvalue weighted by molar-refractivity contribution is 7.71. The molecule has 32 heavy (non-hydrogen) atoms. The number of amides is 1. The average molecular weight is 458 g/mol. The number of carbonyl (C=O) groups is 1. The maximum Gasteiger partial charge on any atom is 0.264 e. The van der Waals surface area contributed by atoms with Gasteiger partial charge in [-0.25, -0.2) is 5.01 Å². The van der Waals surface area contributed by atoms with Crippen LogP contribution < -0.4 is 10.5 Å². The predicted molar refractivity (Wildman–Crippen MR) is 129 cm³/mol. The Kier molecular flexibility index (Phi) is 7.50. The third-order valence-electron chi connectivity index (χ3n) is 5.84. The lowest BCUT2D eigenvalue weighted by atomic mass is 9.98. The fourth-order valence-electron chi connectivity index (χ4n) is 4.05. The van der Waals surface area contributed by atoms with Crippen molar-refractivity contribution in [3.8, 4) is 5.88 Å². The van der Waals surface area contributed by atoms with Crippen molar-refractivity contribution in [3.63, 3.8) is 0 Å². The summed E-state index contributed by atoms with van der Waals surface area (Å²) in [5, 5.41) is 16.7. The van der Waals surface area contributed by atoms with Crippen molar-refractivity contribution in [1.29, 1.82) is 0 Å². The van der Waals surface area contributed by atoms with Crippen LogP contribution in [0.2, 0.25) is 0 Å². The van der Waals surface area contributed by atoms with Gasteiger partial charge in [0.25, 0.3) is 5.56 Å². The SMILES string of the molecule is CCCCn1c(O)c(C2=NN(C(C)=O)[C@@H](c3ccc(N(CC)CC)cc3)C2)c(=O)[nH]c1=S. The third-order valence-corrected chi connectivity index (χ3v) is 6.16. The number of unbranched alkanes of at least 4 members (excludes halogenated alkanes) is 1. The molecule has 0 unspecified atom stereocenters. The molecular formula is C23H31N5O3S. The second-order valence-electron chi connectivity index (χ2n) is 7.86. The lowest BCUT2D eigenvalue weighted by Gasteiger charge is -2.23. The smallest absolute Gasteiger partial charge is 0.264 e. The second kappa shape index (κ2) is 10.1. The van der Waals surface area contributed by atoms with Crippen molar-refractivity contribution in [2.75, 3.05) is 18.0 Å². The molecule has 0 saturated heterocycles. The summed E-state index contributed by atoms with van der Waals surface area (Å²) >= 11 is 5.23. The number of benzene rings is 1. The van der Waals surface area contributed by atoms with Gasteiger partial charge in [0.05, 0.1) is 11.8 Å². The zero-order valence-corrected chi connectivity index (χ0v) is 19.9. The fraction of sp³-hybridized carbons (Fsp3) is 0.478. The summed E-state index contributed by atoms with van der Waals surface area (Å²) in [6.45, 7) is 10.0. The van der Waals surface area contributed by atoms with Gasteiger partial charge in [-0.2, -0.15) is 5.10 Å². The minimum atomic E-state index is -0.500. The van der Waals surface area contributed by atoms with E-state index in [1.165, 1.54) is 16.5 Å². The Labute approximate surface area is 193 Å². The molecule has 0 radical (unpaired) electrons. The molecule has 0 aliphatic carbocycles. The summed E-state index contributed by atoms with van der Waals surface area (Å²) in [4.78, 5) is 29.9. The number of hydrogen-bond acceptors (Lipinski definition) is 6. The van der Waals surface area contributed by atoms with Crippen LogP contribution >= 0.6 is 12.2 Å². The average Bonchev–Trinajstić information content (AvgIpc) is 3.20. The van der Waals surface area contributed by atoms with Gasteiger partial charge >= 0.3 is 0 Å². The first-order valence-electron chi connectivity index (χ1n) is 11.1. The molecule has 2 aromatic rings. The summed E-state index contributed by atoms with van der Waals surface area (Å²) in [5.74, 6) is -0.431. The van der Waals surface area contributed by atoms with Crippen molar-refractivity contribution in [3.05, 3.63) is 50.5 Å². The van der Waals surface area contributed by atoms with Crippen molar-refractivity contribution in [2.45, 2.75) is 59.5 Å². The molecule has 1 atom stereocenters. The van der Waals surface area contributed by atoms with Crippen LogP contribution in [0.3, 0.4) is 0 Å². The second-order valence-corrected chi connectivity index (χ2v) is 8.24. The summed E-state index contributed by atoms with van der Waals surface area (Å²) in [5.41, 5.74) is 1.98. The Hall–Kier alpha value is -2.94. The number of nitrogens with zero attached hydrogens (tertiary/aromatic N) is 4. The number of nitrogens with one attached hydrogen (secondary N) is 1. The van der Waals surface area contributed by atoms with Gasteiger partial charge in [0.1, 0.15) is 5.56 Å². The van der Waals surface area contributed by atoms with Crippen LogP contribution in [-0.4, -0.2) is 44.4 Å². The lowest BCUT2D eigenvalue weighted by Crippen LogP contribution is -2.25. The van der Waals surface area contributed by atoms with Crippen LogP contribution in [0.4, 0.5) is 5.69 Å². The molecule has 2 N–H and O–H groups in total. The molecule has 1 amide bonds. The molecule has 1 aromatic heterocycles. The highest BCUT2D eigenvalue weighted by Gasteiger charge is 2.34. The third kappa shape index (κ3) is 4.62. The Morgan fingerprint density at radius 3 is 2.47 bits per heavy atom. The molecular weight excluding hydrogens is 426 g/mol. The first-order chi connectivity index (χ1) is 15.3. The molecule has 1 aliphatic rings. The predicted octanol–water partition coefficient (Wildman–Crippen LogP) is 3.96. The number of anilines is 1. The number of aromatic nitrogens is 2. The number of carbonyl (C=O) groups excluding carboxylic acids is 1. The van der Waals surface area contributed by atoms with Crippen LogP contribution in [0.25, 0.3) is 0 Å². The minimum Gasteiger partial charge on any atom is -0.494 e. The molecule has 1 aliphatic heterocycles. The molecule has 0 fully saturated rings. The van der Waals surface area contributed by atoms with Gasteiger partial charge in [-0.1, -0.05) is 25.5 Å². The first-order valence-corrected chi connectivity index (χ1v) is 11.5. The number of rotatable bonds is 8. The number of H-pyrrole nitrogens is 1. The van der Waals surface area contributed by atoms with Gasteiger partial charge < -0.3 is 10.0 Å². The van der Waals surface area contributed by atoms with Gasteiger partial charge in [0, 0.05) is 38.7 Å². The molecule has 3 rings (SSSR count). The Morgan fingerprint density at radius 1 is 1.25 bits per heavy atom. The zero-order valence-electron chi connectivity index (χ0n) is 19.1. The highest BCUT2D eigenvalue weighted by atomic mass is 32.1. The van der Waals surface area contributed by atoms with Crippen LogP contribution in [0.15, 0.2) is 34.2 Å². The van der Waals surface area contributed by atoms with E-state index in [1.807, 2.05) is 31.2 Å². The van der Waals surface area contributed by atoms with E-state index >= 15 is 0 Å². The fourth-order valence-corrected chi connectivity index (χ4v) is 4.32. The van der Waals surface area contributed by atoms with E-state index in [0.717, 1.165) is 37.2 Å². The van der Waals surface area contributed by atoms with Gasteiger partial charge in [-0.05, 0) is 50.2 Å². The van der Waals surface area contributed by atoms with Crippen molar-refractivity contribution in [2.24, 2.45) is 5.10 Å². The lowest BCUT2D eigenvalue weighted by molar-refractivity contribution is -0.130. The van der Waals surface area contributed by atoms with E-state index in [1.54, 1.807) is 0 Å². The molecule has 0 saturated carbocycles. The van der Waals surface area contributed by atoms with E-state index in [-0.39, 0.29) is 28.2 Å². The normalized spacial score (nSPS) is 15.7. The standard InChI is InChI=1S/C23H31N5O3S/c1-5-8-13-27-22(31)20(21(30)24-23(27)32)18-14-19(28(25-18)15(4)29)16-9-11-17(12-10-16)26(6-2)7-3/h9-12,19,31H,5-8,13-14H2,1-4H3,(H,24,30,32)/t19-/m1/s1. The first kappa shape index (κ1) is 23.7. The molecule has 8 nitrogen and oxygen atoms in total. The molecule has 1 aromatic carbocycles. The van der Waals surface area contributed by atoms with Crippen LogP contribution in [0.1, 0.15) is 64.1 Å². The highest BCUT2D eigenvalue weighted by Crippen LogP contribution is 2.34. The van der Waals surface area contributed by atoms with E-state index in [2.05, 4.69) is 28.8 Å². The largest absolute Gasteiger partial charge is 0.494 e. The maximum absolute atomic E-state index is 12.7. The Balaban J connectivity index is 1.98. The monoisotopic (exact) mass is 457 g/mol. The van der Waals surface area contributed by atoms with E-state index in [9.17, 15) is 14.7 Å². The van der Waals surface area contributed by atoms with Crippen molar-refractivity contribution >= 4 is 29.5 Å². The molecule has 2 heterocycles. The maximum atomic E-state index is 12.7. The minimum absolute atomic E-state index is 0.0724. The van der Waals surface area contributed by atoms with E-state index in [0.29, 0.717) is 18.7 Å². The number of hydrazone groups is 1. The summed E-state index contributed by atoms with van der Waals surface area (Å²) in [7, 11) is 0. The molecule has 0 bridgehead atoms. The quantitative estimate of drug-likeness (QED) is 0.585. The molecule has 172 valence electrons. The van der Waals surface area contributed by atoms with Crippen molar-refractivity contribution in [1.82, 2.24) is 14.6 Å². The summed E-state index contributed by atoms with van der Waals surface area (Å²) in [6, 6.07) is 7.70. The van der Waals surface area contributed by atoms with E-state index in [4.69, 9.17) is 12.2 Å². The summed E-state index contributed by atoms with van der Waals surface area (Å²) in [6.07, 6.45) is 2.05. The van der Waals surface area contributed by atoms with Gasteiger partial charge in [-0.15, -0.1) is 0 Å². The van der Waals surface area contributed by atoms with Crippen LogP contribution in [-0.2, 0) is 11.3 Å². The topological polar surface area (TPSA) is 93.9 Å². The van der Waals surface area contributed by atoms with Gasteiger partial charge in [-0.3, -0.25) is 19.1 Å². The zero-order chi connectivity index (χ0) is 23.4. The van der Waals surface area contributed by atoms with Crippen LogP contribution in [0, 0.1) is 4.77 Å². The van der Waals surface area contributed by atoms with Gasteiger partial charge in [0.2, 0.25) is 11.8 Å². The number of hydrogen-bond donors (Lipinski definition) is 2. The number of aromatic amines is 1. The van der Waals surface area contributed by atoms with Crippen LogP contribution in [0.5, 0.6) is 5.88 Å². The molecule has 9 heteroatoms. The summed E-state index contributed by atoms with van der Waals surface area (Å²) < 4.78 is 1.69. The van der Waals surface area contributed by atoms with Crippen molar-refractivity contribution < 1.29 is 9.90 Å².